The van der Waals surface area contributed by atoms with Crippen LogP contribution in [0.15, 0.2) is 30.3 Å². The SMILES string of the molecule is CN(C)CCNC(=O)C1CCC(C(=O)NCCc2ccccc2)CC1. The number of likely N-dealkylation sites (N-methyl/N-ethyl adjacent to an activating group) is 1. The lowest BCUT2D eigenvalue weighted by Crippen LogP contribution is -2.39. The van der Waals surface area contributed by atoms with Crippen molar-refractivity contribution in [1.29, 1.82) is 0 Å². The topological polar surface area (TPSA) is 61.4 Å². The number of hydrogen-bond donors (Lipinski definition) is 2. The highest BCUT2D eigenvalue weighted by molar-refractivity contribution is 5.81. The van der Waals surface area contributed by atoms with Crippen LogP contribution in [-0.2, 0) is 16.0 Å². The van der Waals surface area contributed by atoms with E-state index in [1.807, 2.05) is 32.3 Å². The number of amides is 2. The molecule has 5 heteroatoms. The summed E-state index contributed by atoms with van der Waals surface area (Å²) >= 11 is 0. The molecule has 1 aliphatic rings. The molecule has 0 spiro atoms. The largest absolute Gasteiger partial charge is 0.356 e. The molecule has 2 rings (SSSR count). The van der Waals surface area contributed by atoms with Gasteiger partial charge in [-0.1, -0.05) is 30.3 Å². The maximum absolute atomic E-state index is 12.3. The van der Waals surface area contributed by atoms with Gasteiger partial charge in [-0.25, -0.2) is 0 Å². The summed E-state index contributed by atoms with van der Waals surface area (Å²) in [6, 6.07) is 10.2. The van der Waals surface area contributed by atoms with Crippen LogP contribution in [-0.4, -0.2) is 50.4 Å². The Balaban J connectivity index is 1.63. The summed E-state index contributed by atoms with van der Waals surface area (Å²) in [5, 5.41) is 6.05. The van der Waals surface area contributed by atoms with E-state index < -0.39 is 0 Å². The van der Waals surface area contributed by atoms with Gasteiger partial charge in [-0.2, -0.15) is 0 Å². The molecule has 0 unspecified atom stereocenters. The van der Waals surface area contributed by atoms with E-state index in [0.29, 0.717) is 13.1 Å². The second-order valence-corrected chi connectivity index (χ2v) is 7.17. The Hall–Kier alpha value is -1.88. The normalized spacial score (nSPS) is 20.3. The fourth-order valence-corrected chi connectivity index (χ4v) is 3.28. The Morgan fingerprint density at radius 2 is 1.44 bits per heavy atom. The second kappa shape index (κ2) is 10.2. The minimum absolute atomic E-state index is 0.0570. The molecule has 0 heterocycles. The van der Waals surface area contributed by atoms with E-state index in [1.54, 1.807) is 0 Å². The van der Waals surface area contributed by atoms with E-state index >= 15 is 0 Å². The van der Waals surface area contributed by atoms with Crippen LogP contribution in [0.1, 0.15) is 31.2 Å². The molecule has 1 aromatic carbocycles. The number of carbonyl (C=O) groups is 2. The Morgan fingerprint density at radius 3 is 1.96 bits per heavy atom. The second-order valence-electron chi connectivity index (χ2n) is 7.17. The number of carbonyl (C=O) groups excluding carboxylic acids is 2. The van der Waals surface area contributed by atoms with E-state index in [4.69, 9.17) is 0 Å². The van der Waals surface area contributed by atoms with Gasteiger partial charge in [0.2, 0.25) is 11.8 Å². The third-order valence-electron chi connectivity index (χ3n) is 4.88. The van der Waals surface area contributed by atoms with Gasteiger partial charge in [0.1, 0.15) is 0 Å². The first-order valence-corrected chi connectivity index (χ1v) is 9.30. The van der Waals surface area contributed by atoms with E-state index in [9.17, 15) is 9.59 Å². The maximum Gasteiger partial charge on any atom is 0.223 e. The van der Waals surface area contributed by atoms with Crippen molar-refractivity contribution in [2.45, 2.75) is 32.1 Å². The molecule has 25 heavy (non-hydrogen) atoms. The number of rotatable bonds is 8. The highest BCUT2D eigenvalue weighted by atomic mass is 16.2. The molecule has 1 saturated carbocycles. The third kappa shape index (κ3) is 6.86. The Kier molecular flexibility index (Phi) is 7.92. The standard InChI is InChI=1S/C20H31N3O2/c1-23(2)15-14-22-20(25)18-10-8-17(9-11-18)19(24)21-13-12-16-6-4-3-5-7-16/h3-7,17-18H,8-15H2,1-2H3,(H,21,24)(H,22,25). The van der Waals surface area contributed by atoms with E-state index in [0.717, 1.165) is 38.6 Å². The molecular formula is C20H31N3O2. The molecule has 138 valence electrons. The number of benzene rings is 1. The number of nitrogens with one attached hydrogen (secondary N) is 2. The summed E-state index contributed by atoms with van der Waals surface area (Å²) in [6.45, 7) is 2.21. The first-order chi connectivity index (χ1) is 12.1. The number of nitrogens with zero attached hydrogens (tertiary/aromatic N) is 1. The molecule has 2 N–H and O–H groups in total. The van der Waals surface area contributed by atoms with Gasteiger partial charge in [0.05, 0.1) is 0 Å². The van der Waals surface area contributed by atoms with Crippen molar-refractivity contribution in [2.75, 3.05) is 33.7 Å². The summed E-state index contributed by atoms with van der Waals surface area (Å²) in [5.41, 5.74) is 1.24. The van der Waals surface area contributed by atoms with Crippen molar-refractivity contribution in [1.82, 2.24) is 15.5 Å². The smallest absolute Gasteiger partial charge is 0.223 e. The van der Waals surface area contributed by atoms with Gasteiger partial charge in [-0.3, -0.25) is 9.59 Å². The van der Waals surface area contributed by atoms with Crippen LogP contribution in [0.4, 0.5) is 0 Å². The maximum atomic E-state index is 12.3. The van der Waals surface area contributed by atoms with Crippen LogP contribution >= 0.6 is 0 Å². The predicted octanol–water partition coefficient (Wildman–Crippen LogP) is 1.83. The minimum Gasteiger partial charge on any atom is -0.356 e. The average molecular weight is 345 g/mol. The molecule has 0 aromatic heterocycles. The summed E-state index contributed by atoms with van der Waals surface area (Å²) in [5.74, 6) is 0.407. The Labute approximate surface area is 151 Å². The monoisotopic (exact) mass is 345 g/mol. The zero-order valence-corrected chi connectivity index (χ0v) is 15.5. The van der Waals surface area contributed by atoms with Crippen molar-refractivity contribution in [3.63, 3.8) is 0 Å². The van der Waals surface area contributed by atoms with Gasteiger partial charge in [0.25, 0.3) is 0 Å². The zero-order valence-electron chi connectivity index (χ0n) is 15.5. The van der Waals surface area contributed by atoms with Gasteiger partial charge in [0.15, 0.2) is 0 Å². The summed E-state index contributed by atoms with van der Waals surface area (Å²) < 4.78 is 0. The van der Waals surface area contributed by atoms with E-state index in [-0.39, 0.29) is 23.7 Å². The minimum atomic E-state index is 0.0570. The van der Waals surface area contributed by atoms with E-state index in [1.165, 1.54) is 5.56 Å². The highest BCUT2D eigenvalue weighted by Crippen LogP contribution is 2.29. The van der Waals surface area contributed by atoms with Gasteiger partial charge < -0.3 is 15.5 Å². The summed E-state index contributed by atoms with van der Waals surface area (Å²) in [4.78, 5) is 26.5. The van der Waals surface area contributed by atoms with Crippen molar-refractivity contribution in [3.8, 4) is 0 Å². The van der Waals surface area contributed by atoms with Crippen molar-refractivity contribution >= 4 is 11.8 Å². The molecule has 1 aliphatic carbocycles. The van der Waals surface area contributed by atoms with Crippen LogP contribution in [0.25, 0.3) is 0 Å². The van der Waals surface area contributed by atoms with Gasteiger partial charge in [0, 0.05) is 31.5 Å². The molecule has 0 bridgehead atoms. The fourth-order valence-electron chi connectivity index (χ4n) is 3.28. The van der Waals surface area contributed by atoms with Crippen molar-refractivity contribution in [2.24, 2.45) is 11.8 Å². The van der Waals surface area contributed by atoms with Crippen LogP contribution in [0.3, 0.4) is 0 Å². The third-order valence-corrected chi connectivity index (χ3v) is 4.88. The van der Waals surface area contributed by atoms with Crippen LogP contribution in [0.5, 0.6) is 0 Å². The number of hydrogen-bond acceptors (Lipinski definition) is 3. The Morgan fingerprint density at radius 1 is 0.920 bits per heavy atom. The van der Waals surface area contributed by atoms with Gasteiger partial charge in [-0.05, 0) is 51.8 Å². The Bertz CT molecular complexity index is 537. The molecule has 1 fully saturated rings. The van der Waals surface area contributed by atoms with Crippen LogP contribution in [0.2, 0.25) is 0 Å². The quantitative estimate of drug-likeness (QED) is 0.756. The van der Waals surface area contributed by atoms with Crippen molar-refractivity contribution in [3.05, 3.63) is 35.9 Å². The van der Waals surface area contributed by atoms with Gasteiger partial charge >= 0.3 is 0 Å². The summed E-state index contributed by atoms with van der Waals surface area (Å²) in [7, 11) is 3.99. The lowest BCUT2D eigenvalue weighted by atomic mass is 9.81. The molecule has 0 aliphatic heterocycles. The van der Waals surface area contributed by atoms with Crippen molar-refractivity contribution < 1.29 is 9.59 Å². The molecule has 5 nitrogen and oxygen atoms in total. The molecule has 0 atom stereocenters. The average Bonchev–Trinajstić information content (AvgIpc) is 2.62. The molecule has 0 radical (unpaired) electrons. The highest BCUT2D eigenvalue weighted by Gasteiger charge is 2.29. The predicted molar refractivity (Wildman–Crippen MR) is 100 cm³/mol. The lowest BCUT2D eigenvalue weighted by Gasteiger charge is -2.27. The summed E-state index contributed by atoms with van der Waals surface area (Å²) in [6.07, 6.45) is 4.09. The molecule has 1 aromatic rings. The van der Waals surface area contributed by atoms with E-state index in [2.05, 4.69) is 27.7 Å². The molecular weight excluding hydrogens is 314 g/mol. The van der Waals surface area contributed by atoms with Crippen LogP contribution in [0, 0.1) is 11.8 Å². The van der Waals surface area contributed by atoms with Gasteiger partial charge in [-0.15, -0.1) is 0 Å². The molecule has 2 amide bonds. The fraction of sp³-hybridized carbons (Fsp3) is 0.600. The molecule has 0 saturated heterocycles. The lowest BCUT2D eigenvalue weighted by molar-refractivity contribution is -0.130. The zero-order chi connectivity index (χ0) is 18.1. The van der Waals surface area contributed by atoms with Crippen LogP contribution < -0.4 is 10.6 Å². The first kappa shape index (κ1) is 19.4. The first-order valence-electron chi connectivity index (χ1n) is 9.30.